The molecule has 0 aliphatic heterocycles. The smallest absolute Gasteiger partial charge is 0.326 e. The normalized spacial score (nSPS) is 13.9. The van der Waals surface area contributed by atoms with Crippen molar-refractivity contribution in [1.82, 2.24) is 0 Å². The van der Waals surface area contributed by atoms with Gasteiger partial charge in [-0.3, -0.25) is 4.79 Å². The van der Waals surface area contributed by atoms with Crippen molar-refractivity contribution >= 4 is 24.0 Å². The molecule has 1 aromatic carbocycles. The molecule has 4 heteroatoms. The van der Waals surface area contributed by atoms with Gasteiger partial charge in [0.1, 0.15) is 17.6 Å². The first-order valence-electron chi connectivity index (χ1n) is 6.55. The lowest BCUT2D eigenvalue weighted by Gasteiger charge is -2.23. The van der Waals surface area contributed by atoms with Crippen LogP contribution in [0.2, 0.25) is 0 Å². The number of thioether (sulfide) groups is 1. The molecule has 3 nitrogen and oxygen atoms in total. The topological polar surface area (TPSA) is 43.4 Å². The van der Waals surface area contributed by atoms with E-state index in [1.54, 1.807) is 0 Å². The highest BCUT2D eigenvalue weighted by Crippen LogP contribution is 2.29. The van der Waals surface area contributed by atoms with Gasteiger partial charge >= 0.3 is 5.97 Å². The average Bonchev–Trinajstić information content (AvgIpc) is 2.46. The first kappa shape index (κ1) is 16.5. The fourth-order valence-electron chi connectivity index (χ4n) is 1.68. The van der Waals surface area contributed by atoms with Crippen LogP contribution < -0.4 is 0 Å². The summed E-state index contributed by atoms with van der Waals surface area (Å²) in [5.41, 5.74) is 0.960. The van der Waals surface area contributed by atoms with Gasteiger partial charge < -0.3 is 9.53 Å². The maximum absolute atomic E-state index is 12.2. The Morgan fingerprint density at radius 1 is 1.35 bits per heavy atom. The molecule has 1 rings (SSSR count). The van der Waals surface area contributed by atoms with Crippen molar-refractivity contribution < 1.29 is 14.3 Å². The lowest BCUT2D eigenvalue weighted by Crippen LogP contribution is -2.32. The third-order valence-corrected chi connectivity index (χ3v) is 4.08. The minimum atomic E-state index is -0.744. The number of benzene rings is 1. The van der Waals surface area contributed by atoms with E-state index >= 15 is 0 Å². The molecule has 108 valence electrons. The number of carbonyl (C=O) groups is 2. The maximum Gasteiger partial charge on any atom is 0.326 e. The predicted octanol–water partition coefficient (Wildman–Crippen LogP) is 3.39. The largest absolute Gasteiger partial charge is 0.460 e. The molecule has 1 atom stereocenters. The number of esters is 1. The average molecular weight is 292 g/mol. The highest BCUT2D eigenvalue weighted by Gasteiger charge is 2.32. The standard InChI is InChI=1S/C16H20O3S/c1-3-10-16(2,20-12-7-11-17)15(18)19-13-14-8-5-4-6-9-14/h3-6,8-11H,7,12-13H2,1-2H3/t16-/m0/s1. The maximum atomic E-state index is 12.2. The van der Waals surface area contributed by atoms with Crippen LogP contribution in [0.1, 0.15) is 25.8 Å². The van der Waals surface area contributed by atoms with Gasteiger partial charge in [0.2, 0.25) is 0 Å². The lowest BCUT2D eigenvalue weighted by atomic mass is 10.1. The van der Waals surface area contributed by atoms with E-state index in [1.165, 1.54) is 11.8 Å². The van der Waals surface area contributed by atoms with E-state index in [-0.39, 0.29) is 12.6 Å². The van der Waals surface area contributed by atoms with Crippen molar-refractivity contribution in [3.8, 4) is 0 Å². The second-order valence-corrected chi connectivity index (χ2v) is 6.02. The zero-order valence-electron chi connectivity index (χ0n) is 11.9. The van der Waals surface area contributed by atoms with Gasteiger partial charge in [-0.25, -0.2) is 0 Å². The van der Waals surface area contributed by atoms with Gasteiger partial charge in [-0.05, 0) is 19.4 Å². The number of rotatable bonds is 8. The second-order valence-electron chi connectivity index (χ2n) is 4.47. The first-order valence-corrected chi connectivity index (χ1v) is 7.53. The SMILES string of the molecule is CC=C[C@](C)(SCCC=O)C(=O)OCc1ccccc1. The van der Waals surface area contributed by atoms with Crippen LogP contribution in [0.25, 0.3) is 0 Å². The Morgan fingerprint density at radius 2 is 2.05 bits per heavy atom. The summed E-state index contributed by atoms with van der Waals surface area (Å²) < 4.78 is 4.63. The summed E-state index contributed by atoms with van der Waals surface area (Å²) in [4.78, 5) is 22.6. The van der Waals surface area contributed by atoms with E-state index in [2.05, 4.69) is 0 Å². The number of hydrogen-bond donors (Lipinski definition) is 0. The molecule has 20 heavy (non-hydrogen) atoms. The molecule has 1 aromatic rings. The monoisotopic (exact) mass is 292 g/mol. The van der Waals surface area contributed by atoms with Crippen LogP contribution in [0.5, 0.6) is 0 Å². The van der Waals surface area contributed by atoms with E-state index in [1.807, 2.05) is 56.3 Å². The van der Waals surface area contributed by atoms with Crippen LogP contribution in [0.15, 0.2) is 42.5 Å². The zero-order chi connectivity index (χ0) is 14.8. The minimum absolute atomic E-state index is 0.265. The predicted molar refractivity (Wildman–Crippen MR) is 82.6 cm³/mol. The minimum Gasteiger partial charge on any atom is -0.460 e. The van der Waals surface area contributed by atoms with Gasteiger partial charge in [-0.1, -0.05) is 42.5 Å². The molecule has 0 aliphatic rings. The van der Waals surface area contributed by atoms with Gasteiger partial charge in [0, 0.05) is 12.2 Å². The molecule has 0 N–H and O–H groups in total. The van der Waals surface area contributed by atoms with E-state index < -0.39 is 4.75 Å². The molecule has 0 amide bonds. The molecule has 0 saturated carbocycles. The molecule has 0 saturated heterocycles. The quantitative estimate of drug-likeness (QED) is 0.319. The van der Waals surface area contributed by atoms with Crippen LogP contribution in [0.4, 0.5) is 0 Å². The molecule has 0 aromatic heterocycles. The van der Waals surface area contributed by atoms with Gasteiger partial charge in [0.25, 0.3) is 0 Å². The van der Waals surface area contributed by atoms with Gasteiger partial charge in [-0.2, -0.15) is 0 Å². The first-order chi connectivity index (χ1) is 9.62. The Balaban J connectivity index is 2.61. The molecule has 0 bridgehead atoms. The molecule has 0 heterocycles. The number of carbonyl (C=O) groups excluding carboxylic acids is 2. The van der Waals surface area contributed by atoms with Gasteiger partial charge in [-0.15, -0.1) is 11.8 Å². The van der Waals surface area contributed by atoms with E-state index in [0.29, 0.717) is 12.2 Å². The van der Waals surface area contributed by atoms with Crippen molar-refractivity contribution in [2.24, 2.45) is 0 Å². The summed E-state index contributed by atoms with van der Waals surface area (Å²) in [6, 6.07) is 9.57. The fourth-order valence-corrected chi connectivity index (χ4v) is 2.73. The lowest BCUT2D eigenvalue weighted by molar-refractivity contribution is -0.146. The third kappa shape index (κ3) is 5.21. The molecule has 0 fully saturated rings. The van der Waals surface area contributed by atoms with Crippen LogP contribution in [0.3, 0.4) is 0 Å². The van der Waals surface area contributed by atoms with E-state index in [4.69, 9.17) is 4.74 Å². The van der Waals surface area contributed by atoms with Crippen molar-refractivity contribution in [2.45, 2.75) is 31.6 Å². The van der Waals surface area contributed by atoms with E-state index in [0.717, 1.165) is 11.8 Å². The molecule has 0 spiro atoms. The van der Waals surface area contributed by atoms with Crippen molar-refractivity contribution in [3.05, 3.63) is 48.0 Å². The summed E-state index contributed by atoms with van der Waals surface area (Å²) >= 11 is 1.42. The molecule has 0 aliphatic carbocycles. The number of ether oxygens (including phenoxy) is 1. The Labute approximate surface area is 124 Å². The third-order valence-electron chi connectivity index (χ3n) is 2.74. The fraction of sp³-hybridized carbons (Fsp3) is 0.375. The highest BCUT2D eigenvalue weighted by atomic mass is 32.2. The van der Waals surface area contributed by atoms with Gasteiger partial charge in [0.05, 0.1) is 0 Å². The van der Waals surface area contributed by atoms with Gasteiger partial charge in [0.15, 0.2) is 0 Å². The van der Waals surface area contributed by atoms with Crippen LogP contribution >= 0.6 is 11.8 Å². The molecule has 0 unspecified atom stereocenters. The van der Waals surface area contributed by atoms with Crippen molar-refractivity contribution in [3.63, 3.8) is 0 Å². The second kappa shape index (κ2) is 8.59. The van der Waals surface area contributed by atoms with Crippen LogP contribution in [0, 0.1) is 0 Å². The summed E-state index contributed by atoms with van der Waals surface area (Å²) in [7, 11) is 0. The molecular weight excluding hydrogens is 272 g/mol. The zero-order valence-corrected chi connectivity index (χ0v) is 12.7. The molecular formula is C16H20O3S. The van der Waals surface area contributed by atoms with Crippen molar-refractivity contribution in [1.29, 1.82) is 0 Å². The Kier molecular flexibility index (Phi) is 7.09. The Bertz CT molecular complexity index is 456. The van der Waals surface area contributed by atoms with Crippen LogP contribution in [-0.2, 0) is 20.9 Å². The number of hydrogen-bond acceptors (Lipinski definition) is 4. The highest BCUT2D eigenvalue weighted by molar-refractivity contribution is 8.01. The Hall–Kier alpha value is -1.55. The summed E-state index contributed by atoms with van der Waals surface area (Å²) in [5, 5.41) is 0. The summed E-state index contributed by atoms with van der Waals surface area (Å²) in [6.07, 6.45) is 4.94. The van der Waals surface area contributed by atoms with Crippen molar-refractivity contribution in [2.75, 3.05) is 5.75 Å². The van der Waals surface area contributed by atoms with Crippen LogP contribution in [-0.4, -0.2) is 22.8 Å². The summed E-state index contributed by atoms with van der Waals surface area (Å²) in [5.74, 6) is 0.320. The number of aldehydes is 1. The van der Waals surface area contributed by atoms with E-state index in [9.17, 15) is 9.59 Å². The Morgan fingerprint density at radius 3 is 2.65 bits per heavy atom. The number of allylic oxidation sites excluding steroid dienone is 1. The molecule has 0 radical (unpaired) electrons. The summed E-state index contributed by atoms with van der Waals surface area (Å²) in [6.45, 7) is 3.94.